The topological polar surface area (TPSA) is 88.5 Å². The van der Waals surface area contributed by atoms with Crippen molar-refractivity contribution in [3.8, 4) is 0 Å². The van der Waals surface area contributed by atoms with Gasteiger partial charge in [0.2, 0.25) is 0 Å². The predicted molar refractivity (Wildman–Crippen MR) is 69.2 cm³/mol. The molecular formula is C12H25NO6. The number of carboxylic acid groups (broad SMARTS) is 1. The lowest BCUT2D eigenvalue weighted by Crippen LogP contribution is -2.40. The van der Waals surface area contributed by atoms with Crippen LogP contribution >= 0.6 is 0 Å². The Hall–Kier alpha value is -0.730. The molecule has 0 fully saturated rings. The number of aliphatic carboxylic acids is 1. The first-order chi connectivity index (χ1) is 8.99. The van der Waals surface area contributed by atoms with Crippen molar-refractivity contribution in [2.24, 2.45) is 0 Å². The van der Waals surface area contributed by atoms with E-state index in [2.05, 4.69) is 0 Å². The molecule has 0 aliphatic heterocycles. The molecule has 0 saturated carbocycles. The Morgan fingerprint density at radius 1 is 1.26 bits per heavy atom. The normalized spacial score (nSPS) is 14.6. The summed E-state index contributed by atoms with van der Waals surface area (Å²) in [5, 5.41) is 18.6. The van der Waals surface area contributed by atoms with Crippen LogP contribution in [0.4, 0.5) is 0 Å². The van der Waals surface area contributed by atoms with Crippen molar-refractivity contribution in [1.29, 1.82) is 0 Å². The highest BCUT2D eigenvalue weighted by molar-refractivity contribution is 5.69. The van der Waals surface area contributed by atoms with Crippen LogP contribution in [0.15, 0.2) is 0 Å². The van der Waals surface area contributed by atoms with Crippen LogP contribution in [0.25, 0.3) is 0 Å². The van der Waals surface area contributed by atoms with Gasteiger partial charge in [0.15, 0.2) is 0 Å². The van der Waals surface area contributed by atoms with Crippen LogP contribution < -0.4 is 0 Å². The first kappa shape index (κ1) is 18.3. The molecule has 0 bridgehead atoms. The molecular weight excluding hydrogens is 254 g/mol. The molecule has 19 heavy (non-hydrogen) atoms. The van der Waals surface area contributed by atoms with Crippen molar-refractivity contribution in [1.82, 2.24) is 4.90 Å². The molecule has 2 N–H and O–H groups in total. The minimum atomic E-state index is -0.933. The van der Waals surface area contributed by atoms with Gasteiger partial charge in [-0.25, -0.2) is 0 Å². The molecule has 0 radical (unpaired) electrons. The second-order valence-electron chi connectivity index (χ2n) is 4.37. The maximum atomic E-state index is 10.7. The molecule has 7 heteroatoms. The zero-order chi connectivity index (χ0) is 14.7. The highest BCUT2D eigenvalue weighted by Gasteiger charge is 2.15. The predicted octanol–water partition coefficient (Wildman–Crippen LogP) is -0.568. The van der Waals surface area contributed by atoms with Gasteiger partial charge in [0.25, 0.3) is 0 Å². The summed E-state index contributed by atoms with van der Waals surface area (Å²) in [4.78, 5) is 12.3. The molecule has 0 aromatic rings. The molecule has 0 amide bonds. The van der Waals surface area contributed by atoms with Gasteiger partial charge in [-0.3, -0.25) is 9.69 Å². The second kappa shape index (κ2) is 11.1. The van der Waals surface area contributed by atoms with Crippen molar-refractivity contribution in [3.63, 3.8) is 0 Å². The first-order valence-corrected chi connectivity index (χ1v) is 6.21. The van der Waals surface area contributed by atoms with Crippen LogP contribution in [0.2, 0.25) is 0 Å². The lowest BCUT2D eigenvalue weighted by Gasteiger charge is -2.23. The molecule has 0 aromatic heterocycles. The number of hydrogen-bond acceptors (Lipinski definition) is 6. The van der Waals surface area contributed by atoms with Crippen LogP contribution in [0, 0.1) is 0 Å². The van der Waals surface area contributed by atoms with Crippen molar-refractivity contribution >= 4 is 5.97 Å². The molecule has 0 aliphatic carbocycles. The number of aliphatic hydroxyl groups is 1. The Kier molecular flexibility index (Phi) is 10.7. The quantitative estimate of drug-likeness (QED) is 0.494. The van der Waals surface area contributed by atoms with Crippen LogP contribution in [-0.2, 0) is 19.0 Å². The molecule has 2 unspecified atom stereocenters. The van der Waals surface area contributed by atoms with E-state index < -0.39 is 12.1 Å². The van der Waals surface area contributed by atoms with Crippen LogP contribution in [0.1, 0.15) is 6.92 Å². The summed E-state index contributed by atoms with van der Waals surface area (Å²) in [5.74, 6) is -0.933. The number of carboxylic acids is 1. The van der Waals surface area contributed by atoms with Crippen LogP contribution in [0.3, 0.4) is 0 Å². The van der Waals surface area contributed by atoms with E-state index in [4.69, 9.17) is 19.3 Å². The molecule has 7 nitrogen and oxygen atoms in total. The third-order valence-electron chi connectivity index (χ3n) is 2.41. The highest BCUT2D eigenvalue weighted by Crippen LogP contribution is 1.98. The van der Waals surface area contributed by atoms with E-state index in [1.165, 1.54) is 0 Å². The SMILES string of the molecule is COCCN(CC(=O)O)CC(O)COC(C)COC. The lowest BCUT2D eigenvalue weighted by molar-refractivity contribution is -0.139. The van der Waals surface area contributed by atoms with E-state index in [0.717, 1.165) is 0 Å². The van der Waals surface area contributed by atoms with Gasteiger partial charge in [-0.1, -0.05) is 0 Å². The average molecular weight is 279 g/mol. The number of methoxy groups -OCH3 is 2. The van der Waals surface area contributed by atoms with E-state index in [1.54, 1.807) is 19.1 Å². The average Bonchev–Trinajstić information content (AvgIpc) is 2.33. The number of ether oxygens (including phenoxy) is 3. The molecule has 0 heterocycles. The maximum Gasteiger partial charge on any atom is 0.317 e. The number of rotatable bonds is 12. The van der Waals surface area contributed by atoms with Crippen LogP contribution in [-0.4, -0.2) is 87.0 Å². The maximum absolute atomic E-state index is 10.7. The highest BCUT2D eigenvalue weighted by atomic mass is 16.5. The molecule has 0 aliphatic rings. The standard InChI is InChI=1S/C12H25NO6/c1-10(8-18-3)19-9-11(14)6-13(4-5-17-2)7-12(15)16/h10-11,14H,4-9H2,1-3H3,(H,15,16). The Labute approximate surface area is 114 Å². The molecule has 0 rings (SSSR count). The fraction of sp³-hybridized carbons (Fsp3) is 0.917. The smallest absolute Gasteiger partial charge is 0.317 e. The Morgan fingerprint density at radius 2 is 1.95 bits per heavy atom. The summed E-state index contributed by atoms with van der Waals surface area (Å²) in [7, 11) is 3.13. The largest absolute Gasteiger partial charge is 0.480 e. The summed E-state index contributed by atoms with van der Waals surface area (Å²) in [6, 6.07) is 0. The molecule has 114 valence electrons. The summed E-state index contributed by atoms with van der Waals surface area (Å²) < 4.78 is 15.2. The summed E-state index contributed by atoms with van der Waals surface area (Å²) >= 11 is 0. The van der Waals surface area contributed by atoms with Gasteiger partial charge in [0.1, 0.15) is 0 Å². The van der Waals surface area contributed by atoms with E-state index in [9.17, 15) is 9.90 Å². The molecule has 2 atom stereocenters. The van der Waals surface area contributed by atoms with E-state index >= 15 is 0 Å². The van der Waals surface area contributed by atoms with Gasteiger partial charge in [-0.15, -0.1) is 0 Å². The van der Waals surface area contributed by atoms with E-state index in [1.807, 2.05) is 6.92 Å². The lowest BCUT2D eigenvalue weighted by atomic mass is 10.3. The fourth-order valence-corrected chi connectivity index (χ4v) is 1.56. The zero-order valence-electron chi connectivity index (χ0n) is 11.9. The third-order valence-corrected chi connectivity index (χ3v) is 2.41. The Morgan fingerprint density at radius 3 is 2.47 bits per heavy atom. The van der Waals surface area contributed by atoms with E-state index in [0.29, 0.717) is 19.8 Å². The van der Waals surface area contributed by atoms with Crippen molar-refractivity contribution < 1.29 is 29.2 Å². The minimum Gasteiger partial charge on any atom is -0.480 e. The van der Waals surface area contributed by atoms with Crippen molar-refractivity contribution in [2.45, 2.75) is 19.1 Å². The minimum absolute atomic E-state index is 0.105. The second-order valence-corrected chi connectivity index (χ2v) is 4.37. The van der Waals surface area contributed by atoms with Crippen LogP contribution in [0.5, 0.6) is 0 Å². The first-order valence-electron chi connectivity index (χ1n) is 6.21. The van der Waals surface area contributed by atoms with Gasteiger partial charge < -0.3 is 24.4 Å². The van der Waals surface area contributed by atoms with Gasteiger partial charge in [0.05, 0.1) is 38.6 Å². The molecule has 0 saturated heterocycles. The molecule has 0 spiro atoms. The number of aliphatic hydroxyl groups excluding tert-OH is 1. The van der Waals surface area contributed by atoms with Crippen molar-refractivity contribution in [2.75, 3.05) is 53.7 Å². The Bertz CT molecular complexity index is 238. The molecule has 0 aromatic carbocycles. The third kappa shape index (κ3) is 10.8. The van der Waals surface area contributed by atoms with Gasteiger partial charge in [-0.05, 0) is 6.92 Å². The summed E-state index contributed by atoms with van der Waals surface area (Å²) in [5.41, 5.74) is 0. The monoisotopic (exact) mass is 279 g/mol. The fourth-order valence-electron chi connectivity index (χ4n) is 1.56. The number of carbonyl (C=O) groups is 1. The van der Waals surface area contributed by atoms with Crippen molar-refractivity contribution in [3.05, 3.63) is 0 Å². The number of hydrogen-bond donors (Lipinski definition) is 2. The Balaban J connectivity index is 3.99. The van der Waals surface area contributed by atoms with E-state index in [-0.39, 0.29) is 25.8 Å². The summed E-state index contributed by atoms with van der Waals surface area (Å²) in [6.07, 6.45) is -0.845. The summed E-state index contributed by atoms with van der Waals surface area (Å²) in [6.45, 7) is 3.41. The van der Waals surface area contributed by atoms with Gasteiger partial charge in [-0.2, -0.15) is 0 Å². The number of nitrogens with zero attached hydrogens (tertiary/aromatic N) is 1. The zero-order valence-corrected chi connectivity index (χ0v) is 11.9. The van der Waals surface area contributed by atoms with Gasteiger partial charge in [0, 0.05) is 27.3 Å². The van der Waals surface area contributed by atoms with Gasteiger partial charge >= 0.3 is 5.97 Å².